The quantitative estimate of drug-likeness (QED) is 0.797. The van der Waals surface area contributed by atoms with Crippen molar-refractivity contribution in [2.45, 2.75) is 37.2 Å². The minimum absolute atomic E-state index is 0.119. The number of nitrogens with zero attached hydrogens (tertiary/aromatic N) is 3. The van der Waals surface area contributed by atoms with Gasteiger partial charge in [0, 0.05) is 25.2 Å². The summed E-state index contributed by atoms with van der Waals surface area (Å²) < 4.78 is 33.1. The van der Waals surface area contributed by atoms with Crippen molar-refractivity contribution in [3.8, 4) is 0 Å². The number of sulfonamides is 1. The fourth-order valence-corrected chi connectivity index (χ4v) is 4.27. The number of nitrogens with one attached hydrogen (secondary N) is 2. The average Bonchev–Trinajstić information content (AvgIpc) is 3.12. The lowest BCUT2D eigenvalue weighted by molar-refractivity contribution is -0.114. The lowest BCUT2D eigenvalue weighted by Crippen LogP contribution is -2.36. The number of benzene rings is 1. The second-order valence-corrected chi connectivity index (χ2v) is 8.11. The van der Waals surface area contributed by atoms with Gasteiger partial charge in [0.25, 0.3) is 0 Å². The molecule has 2 unspecified atom stereocenters. The van der Waals surface area contributed by atoms with Gasteiger partial charge in [-0.3, -0.25) is 9.69 Å². The zero-order chi connectivity index (χ0) is 18.9. The zero-order valence-corrected chi connectivity index (χ0v) is 15.6. The SMILES string of the molecule is CC(=O)Nc1ccc(S(=O)(=O)NC2CC(c3nc(C)no3)N(C)C2)cc1. The summed E-state index contributed by atoms with van der Waals surface area (Å²) in [6.45, 7) is 3.67. The van der Waals surface area contributed by atoms with E-state index in [1.807, 2.05) is 11.9 Å². The number of hydrogen-bond acceptors (Lipinski definition) is 7. The molecule has 0 spiro atoms. The number of aromatic nitrogens is 2. The number of anilines is 1. The molecule has 1 fully saturated rings. The molecule has 10 heteroatoms. The molecular weight excluding hydrogens is 358 g/mol. The van der Waals surface area contributed by atoms with E-state index < -0.39 is 10.0 Å². The number of rotatable bonds is 5. The van der Waals surface area contributed by atoms with E-state index in [1.165, 1.54) is 19.1 Å². The monoisotopic (exact) mass is 379 g/mol. The molecule has 0 saturated carbocycles. The lowest BCUT2D eigenvalue weighted by atomic mass is 10.2. The second-order valence-electron chi connectivity index (χ2n) is 6.39. The largest absolute Gasteiger partial charge is 0.338 e. The topological polar surface area (TPSA) is 117 Å². The molecule has 0 bridgehead atoms. The summed E-state index contributed by atoms with van der Waals surface area (Å²) in [4.78, 5) is 17.4. The first-order valence-corrected chi connectivity index (χ1v) is 9.63. The highest BCUT2D eigenvalue weighted by molar-refractivity contribution is 7.89. The van der Waals surface area contributed by atoms with Crippen LogP contribution in [0.3, 0.4) is 0 Å². The highest BCUT2D eigenvalue weighted by atomic mass is 32.2. The highest BCUT2D eigenvalue weighted by Gasteiger charge is 2.36. The maximum atomic E-state index is 12.6. The summed E-state index contributed by atoms with van der Waals surface area (Å²) in [5, 5.41) is 6.39. The Morgan fingerprint density at radius 3 is 2.58 bits per heavy atom. The van der Waals surface area contributed by atoms with Crippen molar-refractivity contribution < 1.29 is 17.7 Å². The third kappa shape index (κ3) is 4.09. The van der Waals surface area contributed by atoms with Crippen molar-refractivity contribution in [1.29, 1.82) is 0 Å². The van der Waals surface area contributed by atoms with Crippen LogP contribution in [0.1, 0.15) is 31.1 Å². The molecule has 1 amide bonds. The second kappa shape index (κ2) is 7.14. The molecule has 0 aliphatic carbocycles. The Bertz CT molecular complexity index is 894. The van der Waals surface area contributed by atoms with Gasteiger partial charge in [-0.15, -0.1) is 0 Å². The van der Waals surface area contributed by atoms with E-state index in [0.29, 0.717) is 30.4 Å². The fraction of sp³-hybridized carbons (Fsp3) is 0.438. The normalized spacial score (nSPS) is 21.0. The van der Waals surface area contributed by atoms with Crippen LogP contribution in [0.4, 0.5) is 5.69 Å². The van der Waals surface area contributed by atoms with Gasteiger partial charge in [-0.05, 0) is 44.7 Å². The molecule has 1 aliphatic heterocycles. The van der Waals surface area contributed by atoms with Crippen LogP contribution in [0.2, 0.25) is 0 Å². The van der Waals surface area contributed by atoms with Crippen molar-refractivity contribution in [3.63, 3.8) is 0 Å². The van der Waals surface area contributed by atoms with Gasteiger partial charge in [0.15, 0.2) is 5.82 Å². The van der Waals surface area contributed by atoms with Crippen LogP contribution in [-0.4, -0.2) is 49.0 Å². The van der Waals surface area contributed by atoms with Crippen LogP contribution >= 0.6 is 0 Å². The number of likely N-dealkylation sites (N-methyl/N-ethyl adjacent to an activating group) is 1. The van der Waals surface area contributed by atoms with E-state index in [9.17, 15) is 13.2 Å². The van der Waals surface area contributed by atoms with Gasteiger partial charge in [-0.1, -0.05) is 5.16 Å². The van der Waals surface area contributed by atoms with Crippen LogP contribution in [0.15, 0.2) is 33.7 Å². The maximum absolute atomic E-state index is 12.6. The molecule has 2 atom stereocenters. The van der Waals surface area contributed by atoms with E-state index in [0.717, 1.165) is 0 Å². The lowest BCUT2D eigenvalue weighted by Gasteiger charge is -2.14. The zero-order valence-electron chi connectivity index (χ0n) is 14.8. The molecule has 140 valence electrons. The fourth-order valence-electron chi connectivity index (χ4n) is 3.03. The molecule has 3 rings (SSSR count). The smallest absolute Gasteiger partial charge is 0.244 e. The van der Waals surface area contributed by atoms with Crippen LogP contribution in [0.25, 0.3) is 0 Å². The van der Waals surface area contributed by atoms with E-state index in [-0.39, 0.29) is 22.9 Å². The van der Waals surface area contributed by atoms with Crippen molar-refractivity contribution in [1.82, 2.24) is 19.8 Å². The van der Waals surface area contributed by atoms with Crippen molar-refractivity contribution in [2.75, 3.05) is 18.9 Å². The first-order chi connectivity index (χ1) is 12.2. The molecule has 0 radical (unpaired) electrons. The van der Waals surface area contributed by atoms with Crippen molar-refractivity contribution in [3.05, 3.63) is 36.0 Å². The summed E-state index contributed by atoms with van der Waals surface area (Å²) >= 11 is 0. The highest BCUT2D eigenvalue weighted by Crippen LogP contribution is 2.30. The minimum Gasteiger partial charge on any atom is -0.338 e. The molecule has 2 aromatic rings. The summed E-state index contributed by atoms with van der Waals surface area (Å²) in [7, 11) is -1.78. The molecule has 2 N–H and O–H groups in total. The van der Waals surface area contributed by atoms with Crippen LogP contribution in [0, 0.1) is 6.92 Å². The average molecular weight is 379 g/mol. The number of carbonyl (C=O) groups is 1. The van der Waals surface area contributed by atoms with Gasteiger partial charge in [-0.2, -0.15) is 4.98 Å². The number of amides is 1. The number of aryl methyl sites for hydroxylation is 1. The maximum Gasteiger partial charge on any atom is 0.244 e. The molecule has 26 heavy (non-hydrogen) atoms. The van der Waals surface area contributed by atoms with Gasteiger partial charge in [0.1, 0.15) is 0 Å². The number of carbonyl (C=O) groups excluding carboxylic acids is 1. The van der Waals surface area contributed by atoms with Gasteiger partial charge >= 0.3 is 0 Å². The third-order valence-corrected chi connectivity index (χ3v) is 5.72. The Kier molecular flexibility index (Phi) is 5.08. The predicted molar refractivity (Wildman–Crippen MR) is 93.9 cm³/mol. The first-order valence-electron chi connectivity index (χ1n) is 8.15. The van der Waals surface area contributed by atoms with Gasteiger partial charge in [-0.25, -0.2) is 13.1 Å². The molecule has 9 nitrogen and oxygen atoms in total. The Balaban J connectivity index is 1.69. The van der Waals surface area contributed by atoms with E-state index in [1.54, 1.807) is 19.1 Å². The Morgan fingerprint density at radius 2 is 2.00 bits per heavy atom. The summed E-state index contributed by atoms with van der Waals surface area (Å²) in [6.07, 6.45) is 0.543. The predicted octanol–water partition coefficient (Wildman–Crippen LogP) is 1.06. The van der Waals surface area contributed by atoms with Gasteiger partial charge in [0.2, 0.25) is 21.8 Å². The van der Waals surface area contributed by atoms with Crippen LogP contribution in [-0.2, 0) is 14.8 Å². The first kappa shape index (κ1) is 18.5. The Hall–Kier alpha value is -2.30. The van der Waals surface area contributed by atoms with Gasteiger partial charge < -0.3 is 9.84 Å². The van der Waals surface area contributed by atoms with Gasteiger partial charge in [0.05, 0.1) is 10.9 Å². The molecule has 1 aromatic heterocycles. The third-order valence-electron chi connectivity index (χ3n) is 4.18. The van der Waals surface area contributed by atoms with E-state index in [4.69, 9.17) is 4.52 Å². The van der Waals surface area contributed by atoms with Crippen LogP contribution in [0.5, 0.6) is 0 Å². The molecule has 1 aromatic carbocycles. The van der Waals surface area contributed by atoms with E-state index >= 15 is 0 Å². The number of likely N-dealkylation sites (tertiary alicyclic amines) is 1. The van der Waals surface area contributed by atoms with E-state index in [2.05, 4.69) is 20.2 Å². The van der Waals surface area contributed by atoms with Crippen molar-refractivity contribution in [2.24, 2.45) is 0 Å². The standard InChI is InChI=1S/C16H21N5O4S/c1-10-17-16(25-19-10)15-8-13(9-21(15)3)20-26(23,24)14-6-4-12(5-7-14)18-11(2)22/h4-7,13,15,20H,8-9H2,1-3H3,(H,18,22). The number of hydrogen-bond donors (Lipinski definition) is 2. The molecule has 1 aliphatic rings. The summed E-state index contributed by atoms with van der Waals surface area (Å²) in [5.41, 5.74) is 0.545. The summed E-state index contributed by atoms with van der Waals surface area (Å²) in [6, 6.07) is 5.65. The Morgan fingerprint density at radius 1 is 1.31 bits per heavy atom. The van der Waals surface area contributed by atoms with Crippen LogP contribution < -0.4 is 10.0 Å². The minimum atomic E-state index is -3.67. The Labute approximate surface area is 151 Å². The molecule has 1 saturated heterocycles. The molecule has 2 heterocycles. The molecular formula is C16H21N5O4S. The van der Waals surface area contributed by atoms with Crippen molar-refractivity contribution >= 4 is 21.6 Å². The summed E-state index contributed by atoms with van der Waals surface area (Å²) in [5.74, 6) is 0.832.